The molecule has 4 atom stereocenters. The van der Waals surface area contributed by atoms with E-state index in [1.54, 1.807) is 32.1 Å². The number of carbonyl (C=O) groups excluding carboxylic acids is 2. The highest BCUT2D eigenvalue weighted by atomic mass is 16.6. The first-order valence-electron chi connectivity index (χ1n) is 7.88. The lowest BCUT2D eigenvalue weighted by Crippen LogP contribution is -2.43. The van der Waals surface area contributed by atoms with Gasteiger partial charge in [0.05, 0.1) is 29.0 Å². The molecule has 3 aliphatic heterocycles. The van der Waals surface area contributed by atoms with Crippen LogP contribution in [0.15, 0.2) is 30.4 Å². The molecule has 0 aromatic heterocycles. The van der Waals surface area contributed by atoms with Gasteiger partial charge in [-0.3, -0.25) is 19.7 Å². The van der Waals surface area contributed by atoms with Crippen LogP contribution in [0, 0.1) is 28.9 Å². The maximum Gasteiger partial charge on any atom is 0.293 e. The summed E-state index contributed by atoms with van der Waals surface area (Å²) >= 11 is 0. The molecule has 0 spiro atoms. The van der Waals surface area contributed by atoms with Gasteiger partial charge in [-0.05, 0) is 25.5 Å². The lowest BCUT2D eigenvalue weighted by molar-refractivity contribution is -0.384. The van der Waals surface area contributed by atoms with Crippen molar-refractivity contribution in [1.29, 1.82) is 0 Å². The average Bonchev–Trinajstić information content (AvgIpc) is 3.14. The van der Waals surface area contributed by atoms with Gasteiger partial charge >= 0.3 is 0 Å². The van der Waals surface area contributed by atoms with Crippen molar-refractivity contribution in [2.24, 2.45) is 11.8 Å². The largest absolute Gasteiger partial charge is 0.393 e. The molecule has 1 aromatic rings. The Bertz CT molecular complexity index is 865. The minimum absolute atomic E-state index is 0.0453. The summed E-state index contributed by atoms with van der Waals surface area (Å²) in [5, 5.41) is 21.2. The number of nitro groups is 1. The maximum absolute atomic E-state index is 13.0. The molecule has 1 aromatic carbocycles. The van der Waals surface area contributed by atoms with Crippen LogP contribution in [0.1, 0.15) is 12.5 Å². The van der Waals surface area contributed by atoms with E-state index in [0.29, 0.717) is 5.56 Å². The van der Waals surface area contributed by atoms with Gasteiger partial charge in [-0.2, -0.15) is 0 Å². The number of hydrogen-bond acceptors (Lipinski definition) is 6. The number of aliphatic hydroxyl groups excluding tert-OH is 1. The van der Waals surface area contributed by atoms with E-state index in [1.807, 2.05) is 0 Å². The summed E-state index contributed by atoms with van der Waals surface area (Å²) in [6, 6.07) is 4.36. The van der Waals surface area contributed by atoms with Crippen LogP contribution >= 0.6 is 0 Å². The number of aliphatic hydroxyl groups is 1. The molecule has 130 valence electrons. The van der Waals surface area contributed by atoms with E-state index < -0.39 is 46.4 Å². The first kappa shape index (κ1) is 15.9. The number of benzene rings is 1. The van der Waals surface area contributed by atoms with Crippen molar-refractivity contribution in [2.45, 2.75) is 25.0 Å². The Kier molecular flexibility index (Phi) is 3.02. The highest BCUT2D eigenvalue weighted by Gasteiger charge is 2.72. The Morgan fingerprint density at radius 1 is 1.28 bits per heavy atom. The van der Waals surface area contributed by atoms with Crippen LogP contribution in [0.25, 0.3) is 0 Å². The summed E-state index contributed by atoms with van der Waals surface area (Å²) in [4.78, 5) is 37.7. The number of imide groups is 1. The maximum atomic E-state index is 13.0. The summed E-state index contributed by atoms with van der Waals surface area (Å²) < 4.78 is 5.82. The topological polar surface area (TPSA) is 110 Å². The van der Waals surface area contributed by atoms with Gasteiger partial charge in [0.15, 0.2) is 0 Å². The first-order valence-corrected chi connectivity index (χ1v) is 7.88. The average molecular weight is 344 g/mol. The molecule has 3 aliphatic rings. The number of fused-ring (bicyclic) bond motifs is 5. The molecule has 4 rings (SSSR count). The van der Waals surface area contributed by atoms with Gasteiger partial charge in [-0.15, -0.1) is 0 Å². The zero-order chi connectivity index (χ0) is 18.1. The highest BCUT2D eigenvalue weighted by molar-refractivity contribution is 6.24. The number of nitro benzene ring substituents is 1. The third-order valence-corrected chi connectivity index (χ3v) is 5.37. The second-order valence-corrected chi connectivity index (χ2v) is 6.95. The molecule has 2 fully saturated rings. The third kappa shape index (κ3) is 1.83. The van der Waals surface area contributed by atoms with Crippen molar-refractivity contribution < 1.29 is 24.4 Å². The van der Waals surface area contributed by atoms with Crippen molar-refractivity contribution in [1.82, 2.24) is 0 Å². The first-order chi connectivity index (χ1) is 11.7. The lowest BCUT2D eigenvalue weighted by Gasteiger charge is -2.26. The number of rotatable bonds is 3. The minimum atomic E-state index is -1.25. The van der Waals surface area contributed by atoms with Crippen molar-refractivity contribution >= 4 is 23.2 Å². The van der Waals surface area contributed by atoms with E-state index in [-0.39, 0.29) is 11.4 Å². The Morgan fingerprint density at radius 3 is 2.60 bits per heavy atom. The molecule has 0 aliphatic carbocycles. The van der Waals surface area contributed by atoms with Gasteiger partial charge in [0.1, 0.15) is 11.3 Å². The van der Waals surface area contributed by atoms with Gasteiger partial charge in [0.25, 0.3) is 5.69 Å². The zero-order valence-electron chi connectivity index (χ0n) is 13.6. The van der Waals surface area contributed by atoms with Crippen LogP contribution in [-0.2, 0) is 14.3 Å². The van der Waals surface area contributed by atoms with Gasteiger partial charge in [0.2, 0.25) is 11.8 Å². The SMILES string of the molecule is Cc1ccc(N2C(=O)[C@@H]3[C@@H](C2=O)[C@@]2(CO)C=C[C@@]3(C)O2)c([N+](=O)[O-])c1. The predicted octanol–water partition coefficient (Wildman–Crippen LogP) is 1.10. The standard InChI is InChI=1S/C17H16N2O6/c1-9-3-4-10(11(7-9)19(23)24)18-14(21)12-13(15(18)22)17(8-20)6-5-16(12,2)25-17/h3-7,12-13,20H,8H2,1-2H3/t12-,13-,16+,17-/m0/s1. The number of anilines is 1. The Labute approximate surface area is 142 Å². The number of ether oxygens (including phenoxy) is 1. The highest BCUT2D eigenvalue weighted by Crippen LogP contribution is 2.57. The summed E-state index contributed by atoms with van der Waals surface area (Å²) in [6.45, 7) is 2.94. The van der Waals surface area contributed by atoms with E-state index in [1.165, 1.54) is 12.1 Å². The molecule has 25 heavy (non-hydrogen) atoms. The van der Waals surface area contributed by atoms with Gasteiger partial charge in [-0.1, -0.05) is 18.2 Å². The molecule has 2 bridgehead atoms. The van der Waals surface area contributed by atoms with Crippen LogP contribution in [0.2, 0.25) is 0 Å². The van der Waals surface area contributed by atoms with Crippen molar-refractivity contribution in [2.75, 3.05) is 11.5 Å². The number of aryl methyl sites for hydroxylation is 1. The van der Waals surface area contributed by atoms with Crippen LogP contribution in [0.4, 0.5) is 11.4 Å². The van der Waals surface area contributed by atoms with Crippen LogP contribution < -0.4 is 4.90 Å². The minimum Gasteiger partial charge on any atom is -0.393 e. The molecule has 8 heteroatoms. The van der Waals surface area contributed by atoms with Crippen molar-refractivity contribution in [3.05, 3.63) is 46.0 Å². The van der Waals surface area contributed by atoms with E-state index in [9.17, 15) is 24.8 Å². The molecule has 1 N–H and O–H groups in total. The summed E-state index contributed by atoms with van der Waals surface area (Å²) in [5.41, 5.74) is -1.95. The Balaban J connectivity index is 1.85. The second kappa shape index (κ2) is 4.74. The molecule has 8 nitrogen and oxygen atoms in total. The number of hydrogen-bond donors (Lipinski definition) is 1. The van der Waals surface area contributed by atoms with Crippen LogP contribution in [-0.4, -0.2) is 39.7 Å². The summed E-state index contributed by atoms with van der Waals surface area (Å²) in [6.07, 6.45) is 3.30. The summed E-state index contributed by atoms with van der Waals surface area (Å²) in [7, 11) is 0. The number of nitrogens with zero attached hydrogens (tertiary/aromatic N) is 2. The van der Waals surface area contributed by atoms with Crippen molar-refractivity contribution in [3.63, 3.8) is 0 Å². The smallest absolute Gasteiger partial charge is 0.293 e. The molecule has 3 heterocycles. The molecule has 2 amide bonds. The predicted molar refractivity (Wildman–Crippen MR) is 85.8 cm³/mol. The molecule has 0 unspecified atom stereocenters. The molecule has 0 radical (unpaired) electrons. The summed E-state index contributed by atoms with van der Waals surface area (Å²) in [5.74, 6) is -2.81. The third-order valence-electron chi connectivity index (χ3n) is 5.37. The van der Waals surface area contributed by atoms with E-state index >= 15 is 0 Å². The quantitative estimate of drug-likeness (QED) is 0.380. The van der Waals surface area contributed by atoms with Crippen molar-refractivity contribution in [3.8, 4) is 0 Å². The van der Waals surface area contributed by atoms with E-state index in [4.69, 9.17) is 4.74 Å². The van der Waals surface area contributed by atoms with Crippen LogP contribution in [0.3, 0.4) is 0 Å². The van der Waals surface area contributed by atoms with Crippen LogP contribution in [0.5, 0.6) is 0 Å². The van der Waals surface area contributed by atoms with E-state index in [0.717, 1.165) is 4.90 Å². The monoisotopic (exact) mass is 344 g/mol. The lowest BCUT2D eigenvalue weighted by atomic mass is 9.73. The number of carbonyl (C=O) groups is 2. The van der Waals surface area contributed by atoms with E-state index in [2.05, 4.69) is 0 Å². The molecular formula is C17H16N2O6. The number of amides is 2. The fourth-order valence-corrected chi connectivity index (χ4v) is 4.25. The second-order valence-electron chi connectivity index (χ2n) is 6.95. The Hall–Kier alpha value is -2.58. The van der Waals surface area contributed by atoms with Gasteiger partial charge in [-0.25, -0.2) is 4.90 Å². The molecule has 0 saturated carbocycles. The van der Waals surface area contributed by atoms with Gasteiger partial charge in [0, 0.05) is 6.07 Å². The fraction of sp³-hybridized carbons (Fsp3) is 0.412. The van der Waals surface area contributed by atoms with Gasteiger partial charge < -0.3 is 9.84 Å². The Morgan fingerprint density at radius 2 is 1.96 bits per heavy atom. The normalized spacial score (nSPS) is 35.6. The zero-order valence-corrected chi connectivity index (χ0v) is 13.6. The molecule has 2 saturated heterocycles. The fourth-order valence-electron chi connectivity index (χ4n) is 4.25. The molecular weight excluding hydrogens is 328 g/mol.